The van der Waals surface area contributed by atoms with Gasteiger partial charge in [0.25, 0.3) is 0 Å². The lowest BCUT2D eigenvalue weighted by Crippen LogP contribution is -2.37. The van der Waals surface area contributed by atoms with E-state index in [0.29, 0.717) is 25.7 Å². The van der Waals surface area contributed by atoms with E-state index in [1.54, 1.807) is 0 Å². The van der Waals surface area contributed by atoms with Gasteiger partial charge >= 0.3 is 0 Å². The summed E-state index contributed by atoms with van der Waals surface area (Å²) in [7, 11) is 0. The molecule has 0 spiro atoms. The SMILES string of the molecule is CCOCC(C)NC(=O)CCNC1CC1. The van der Waals surface area contributed by atoms with Crippen LogP contribution in [0, 0.1) is 0 Å². The highest BCUT2D eigenvalue weighted by molar-refractivity contribution is 5.76. The number of amides is 1. The molecule has 0 heterocycles. The van der Waals surface area contributed by atoms with Crippen molar-refractivity contribution < 1.29 is 9.53 Å². The van der Waals surface area contributed by atoms with E-state index in [4.69, 9.17) is 4.74 Å². The van der Waals surface area contributed by atoms with Gasteiger partial charge in [-0.2, -0.15) is 0 Å². The molecule has 2 N–H and O–H groups in total. The summed E-state index contributed by atoms with van der Waals surface area (Å²) >= 11 is 0. The van der Waals surface area contributed by atoms with Gasteiger partial charge < -0.3 is 15.4 Å². The van der Waals surface area contributed by atoms with Crippen LogP contribution in [0.15, 0.2) is 0 Å². The lowest BCUT2D eigenvalue weighted by molar-refractivity contribution is -0.122. The molecule has 0 bridgehead atoms. The second-order valence-corrected chi connectivity index (χ2v) is 4.11. The van der Waals surface area contributed by atoms with Gasteiger partial charge in [-0.15, -0.1) is 0 Å². The van der Waals surface area contributed by atoms with Crippen LogP contribution in [-0.2, 0) is 9.53 Å². The highest BCUT2D eigenvalue weighted by Crippen LogP contribution is 2.18. The second kappa shape index (κ2) is 6.80. The van der Waals surface area contributed by atoms with Gasteiger partial charge in [-0.3, -0.25) is 4.79 Å². The number of hydrogen-bond donors (Lipinski definition) is 2. The number of ether oxygens (including phenoxy) is 1. The lowest BCUT2D eigenvalue weighted by atomic mass is 10.3. The van der Waals surface area contributed by atoms with E-state index >= 15 is 0 Å². The predicted octanol–water partition coefficient (Wildman–Crippen LogP) is 0.670. The molecule has 0 saturated heterocycles. The molecule has 15 heavy (non-hydrogen) atoms. The van der Waals surface area contributed by atoms with E-state index < -0.39 is 0 Å². The molecule has 0 aromatic carbocycles. The maximum absolute atomic E-state index is 11.4. The van der Waals surface area contributed by atoms with Crippen LogP contribution in [0.1, 0.15) is 33.1 Å². The van der Waals surface area contributed by atoms with Crippen molar-refractivity contribution in [2.24, 2.45) is 0 Å². The Morgan fingerprint density at radius 2 is 2.27 bits per heavy atom. The fraction of sp³-hybridized carbons (Fsp3) is 0.909. The molecule has 0 aromatic rings. The number of hydrogen-bond acceptors (Lipinski definition) is 3. The second-order valence-electron chi connectivity index (χ2n) is 4.11. The summed E-state index contributed by atoms with van der Waals surface area (Å²) in [6, 6.07) is 0.789. The molecule has 1 aliphatic rings. The molecule has 1 amide bonds. The minimum atomic E-state index is 0.107. The molecular weight excluding hydrogens is 192 g/mol. The van der Waals surface area contributed by atoms with Gasteiger partial charge in [-0.1, -0.05) is 0 Å². The Labute approximate surface area is 91.8 Å². The van der Waals surface area contributed by atoms with Gasteiger partial charge in [0.15, 0.2) is 0 Å². The third-order valence-electron chi connectivity index (χ3n) is 2.34. The van der Waals surface area contributed by atoms with Gasteiger partial charge in [0, 0.05) is 31.7 Å². The molecule has 0 aliphatic heterocycles. The molecule has 0 aromatic heterocycles. The van der Waals surface area contributed by atoms with Crippen LogP contribution in [-0.4, -0.2) is 37.7 Å². The van der Waals surface area contributed by atoms with Gasteiger partial charge in [-0.25, -0.2) is 0 Å². The number of rotatable bonds is 8. The predicted molar refractivity (Wildman–Crippen MR) is 59.7 cm³/mol. The zero-order valence-corrected chi connectivity index (χ0v) is 9.71. The number of nitrogens with one attached hydrogen (secondary N) is 2. The maximum Gasteiger partial charge on any atom is 0.221 e. The van der Waals surface area contributed by atoms with Crippen molar-refractivity contribution in [3.8, 4) is 0 Å². The van der Waals surface area contributed by atoms with Crippen molar-refractivity contribution in [2.75, 3.05) is 19.8 Å². The Morgan fingerprint density at radius 3 is 2.87 bits per heavy atom. The van der Waals surface area contributed by atoms with Gasteiger partial charge in [0.05, 0.1) is 6.61 Å². The fourth-order valence-electron chi connectivity index (χ4n) is 1.36. The summed E-state index contributed by atoms with van der Waals surface area (Å²) in [4.78, 5) is 11.4. The van der Waals surface area contributed by atoms with Crippen LogP contribution in [0.2, 0.25) is 0 Å². The van der Waals surface area contributed by atoms with Crippen LogP contribution in [0.25, 0.3) is 0 Å². The largest absolute Gasteiger partial charge is 0.380 e. The first-order valence-corrected chi connectivity index (χ1v) is 5.83. The minimum Gasteiger partial charge on any atom is -0.380 e. The van der Waals surface area contributed by atoms with Crippen LogP contribution >= 0.6 is 0 Å². The fourth-order valence-corrected chi connectivity index (χ4v) is 1.36. The van der Waals surface area contributed by atoms with Crippen LogP contribution in [0.3, 0.4) is 0 Å². The molecule has 4 heteroatoms. The lowest BCUT2D eigenvalue weighted by Gasteiger charge is -2.13. The molecule has 1 atom stereocenters. The van der Waals surface area contributed by atoms with Crippen molar-refractivity contribution in [2.45, 2.75) is 45.2 Å². The first-order chi connectivity index (χ1) is 7.22. The van der Waals surface area contributed by atoms with E-state index in [1.807, 2.05) is 13.8 Å². The monoisotopic (exact) mass is 214 g/mol. The Morgan fingerprint density at radius 1 is 1.53 bits per heavy atom. The number of carbonyl (C=O) groups is 1. The topological polar surface area (TPSA) is 50.4 Å². The first-order valence-electron chi connectivity index (χ1n) is 5.83. The van der Waals surface area contributed by atoms with Crippen molar-refractivity contribution in [1.29, 1.82) is 0 Å². The molecular formula is C11H22N2O2. The Hall–Kier alpha value is -0.610. The van der Waals surface area contributed by atoms with Gasteiger partial charge in [-0.05, 0) is 26.7 Å². The molecule has 88 valence electrons. The summed E-state index contributed by atoms with van der Waals surface area (Å²) in [6.07, 6.45) is 3.09. The summed E-state index contributed by atoms with van der Waals surface area (Å²) < 4.78 is 5.22. The summed E-state index contributed by atoms with van der Waals surface area (Å²) in [5, 5.41) is 6.22. The zero-order valence-electron chi connectivity index (χ0n) is 9.71. The Kier molecular flexibility index (Phi) is 5.65. The van der Waals surface area contributed by atoms with E-state index in [0.717, 1.165) is 6.54 Å². The van der Waals surface area contributed by atoms with E-state index in [-0.39, 0.29) is 11.9 Å². The smallest absolute Gasteiger partial charge is 0.221 e. The average Bonchev–Trinajstić information content (AvgIpc) is 2.98. The molecule has 1 unspecified atom stereocenters. The van der Waals surface area contributed by atoms with Crippen molar-refractivity contribution in [3.05, 3.63) is 0 Å². The molecule has 0 radical (unpaired) electrons. The molecule has 1 aliphatic carbocycles. The molecule has 1 fully saturated rings. The van der Waals surface area contributed by atoms with Crippen LogP contribution in [0.4, 0.5) is 0 Å². The number of carbonyl (C=O) groups excluding carboxylic acids is 1. The maximum atomic E-state index is 11.4. The quantitative estimate of drug-likeness (QED) is 0.624. The standard InChI is InChI=1S/C11H22N2O2/c1-3-15-8-9(2)13-11(14)6-7-12-10-4-5-10/h9-10,12H,3-8H2,1-2H3,(H,13,14). The van der Waals surface area contributed by atoms with Crippen LogP contribution in [0.5, 0.6) is 0 Å². The molecule has 4 nitrogen and oxygen atoms in total. The van der Waals surface area contributed by atoms with E-state index in [1.165, 1.54) is 12.8 Å². The van der Waals surface area contributed by atoms with Crippen LogP contribution < -0.4 is 10.6 Å². The summed E-state index contributed by atoms with van der Waals surface area (Å²) in [5.41, 5.74) is 0. The van der Waals surface area contributed by atoms with E-state index in [2.05, 4.69) is 10.6 Å². The third kappa shape index (κ3) is 6.47. The van der Waals surface area contributed by atoms with Crippen molar-refractivity contribution >= 4 is 5.91 Å². The van der Waals surface area contributed by atoms with Crippen molar-refractivity contribution in [1.82, 2.24) is 10.6 Å². The summed E-state index contributed by atoms with van der Waals surface area (Å²) in [6.45, 7) is 6.00. The molecule has 1 rings (SSSR count). The molecule has 1 saturated carbocycles. The average molecular weight is 214 g/mol. The minimum absolute atomic E-state index is 0.107. The highest BCUT2D eigenvalue weighted by Gasteiger charge is 2.20. The van der Waals surface area contributed by atoms with Crippen molar-refractivity contribution in [3.63, 3.8) is 0 Å². The third-order valence-corrected chi connectivity index (χ3v) is 2.34. The first kappa shape index (κ1) is 12.5. The highest BCUT2D eigenvalue weighted by atomic mass is 16.5. The van der Waals surface area contributed by atoms with Gasteiger partial charge in [0.1, 0.15) is 0 Å². The van der Waals surface area contributed by atoms with Gasteiger partial charge in [0.2, 0.25) is 5.91 Å². The Balaban J connectivity index is 1.95. The normalized spacial score (nSPS) is 17.5. The summed E-state index contributed by atoms with van der Waals surface area (Å²) in [5.74, 6) is 0.107. The van der Waals surface area contributed by atoms with E-state index in [9.17, 15) is 4.79 Å². The Bertz CT molecular complexity index is 193. The zero-order chi connectivity index (χ0) is 11.1.